The number of halogens is 1. The summed E-state index contributed by atoms with van der Waals surface area (Å²) in [5, 5.41) is 3.93. The van der Waals surface area contributed by atoms with Crippen molar-refractivity contribution in [3.63, 3.8) is 0 Å². The molecule has 0 saturated heterocycles. The summed E-state index contributed by atoms with van der Waals surface area (Å²) < 4.78 is 0. The second-order valence-corrected chi connectivity index (χ2v) is 7.17. The Balaban J connectivity index is 2.08. The van der Waals surface area contributed by atoms with Crippen LogP contribution in [0.1, 0.15) is 29.8 Å². The summed E-state index contributed by atoms with van der Waals surface area (Å²) in [5.41, 5.74) is 1.69. The molecule has 1 amide bonds. The van der Waals surface area contributed by atoms with Gasteiger partial charge in [-0.05, 0) is 31.5 Å². The predicted molar refractivity (Wildman–Crippen MR) is 100.0 cm³/mol. The van der Waals surface area contributed by atoms with Gasteiger partial charge >= 0.3 is 0 Å². The maximum atomic E-state index is 12.1. The molecule has 2 rings (SSSR count). The van der Waals surface area contributed by atoms with Gasteiger partial charge in [0.05, 0.1) is 0 Å². The Bertz CT molecular complexity index is 721. The summed E-state index contributed by atoms with van der Waals surface area (Å²) in [6, 6.07) is 9.40. The number of hydrogen-bond donors (Lipinski definition) is 1. The van der Waals surface area contributed by atoms with Crippen LogP contribution in [0.15, 0.2) is 35.5 Å². The van der Waals surface area contributed by atoms with Gasteiger partial charge in [-0.3, -0.25) is 4.79 Å². The fourth-order valence-electron chi connectivity index (χ4n) is 1.97. The van der Waals surface area contributed by atoms with E-state index < -0.39 is 0 Å². The molecule has 0 fully saturated rings. The average Bonchev–Trinajstić information content (AvgIpc) is 2.52. The van der Waals surface area contributed by atoms with Crippen LogP contribution >= 0.6 is 23.4 Å². The van der Waals surface area contributed by atoms with E-state index in [0.717, 1.165) is 11.4 Å². The number of anilines is 1. The van der Waals surface area contributed by atoms with E-state index in [4.69, 9.17) is 11.6 Å². The van der Waals surface area contributed by atoms with Crippen molar-refractivity contribution in [3.8, 4) is 0 Å². The second kappa shape index (κ2) is 8.35. The highest BCUT2D eigenvalue weighted by Gasteiger charge is 2.09. The normalized spacial score (nSPS) is 10.8. The molecule has 0 unspecified atom stereocenters. The Hall–Kier alpha value is -1.79. The molecule has 5 nitrogen and oxygen atoms in total. The van der Waals surface area contributed by atoms with Gasteiger partial charge in [0.2, 0.25) is 0 Å². The zero-order valence-electron chi connectivity index (χ0n) is 14.2. The summed E-state index contributed by atoms with van der Waals surface area (Å²) in [6.45, 7) is 3.88. The van der Waals surface area contributed by atoms with Gasteiger partial charge in [-0.1, -0.05) is 35.5 Å². The van der Waals surface area contributed by atoms with E-state index in [1.807, 2.05) is 57.1 Å². The number of carbonyl (C=O) groups excluding carboxylic acids is 1. The van der Waals surface area contributed by atoms with Crippen molar-refractivity contribution in [1.82, 2.24) is 15.3 Å². The molecule has 2 aromatic rings. The first-order valence-electron chi connectivity index (χ1n) is 7.59. The Morgan fingerprint density at radius 3 is 2.71 bits per heavy atom. The Labute approximate surface area is 151 Å². The van der Waals surface area contributed by atoms with Gasteiger partial charge in [-0.15, -0.1) is 0 Å². The topological polar surface area (TPSA) is 58.1 Å². The fraction of sp³-hybridized carbons (Fsp3) is 0.353. The minimum absolute atomic E-state index is 0.0641. The molecule has 7 heteroatoms. The number of hydrogen-bond acceptors (Lipinski definition) is 5. The number of nitrogens with one attached hydrogen (secondary N) is 1. The van der Waals surface area contributed by atoms with Crippen molar-refractivity contribution in [1.29, 1.82) is 0 Å². The van der Waals surface area contributed by atoms with Crippen LogP contribution in [0, 0.1) is 0 Å². The lowest BCUT2D eigenvalue weighted by Crippen LogP contribution is -2.30. The van der Waals surface area contributed by atoms with Gasteiger partial charge in [-0.25, -0.2) is 9.97 Å². The summed E-state index contributed by atoms with van der Waals surface area (Å²) in [5.74, 6) is 1.36. The molecule has 24 heavy (non-hydrogen) atoms. The van der Waals surface area contributed by atoms with Crippen LogP contribution in [-0.4, -0.2) is 36.0 Å². The van der Waals surface area contributed by atoms with Gasteiger partial charge in [0.1, 0.15) is 11.0 Å². The molecule has 1 aromatic carbocycles. The van der Waals surface area contributed by atoms with Gasteiger partial charge in [0.25, 0.3) is 5.91 Å². The highest BCUT2D eigenvalue weighted by Crippen LogP contribution is 2.24. The summed E-state index contributed by atoms with van der Waals surface area (Å²) in [7, 11) is 3.81. The lowest BCUT2D eigenvalue weighted by atomic mass is 10.1. The molecular formula is C17H21ClN4OS. The Morgan fingerprint density at radius 2 is 2.04 bits per heavy atom. The highest BCUT2D eigenvalue weighted by molar-refractivity contribution is 7.98. The van der Waals surface area contributed by atoms with Crippen molar-refractivity contribution < 1.29 is 4.79 Å². The predicted octanol–water partition coefficient (Wildman–Crippen LogP) is 3.63. The number of aromatic nitrogens is 2. The first kappa shape index (κ1) is 18.5. The third kappa shape index (κ3) is 5.39. The Morgan fingerprint density at radius 1 is 1.29 bits per heavy atom. The van der Waals surface area contributed by atoms with E-state index >= 15 is 0 Å². The molecule has 0 atom stereocenters. The molecule has 0 spiro atoms. The molecule has 1 N–H and O–H groups in total. The van der Waals surface area contributed by atoms with Crippen molar-refractivity contribution in [2.75, 3.05) is 19.0 Å². The number of rotatable bonds is 6. The molecule has 1 aromatic heterocycles. The number of benzene rings is 1. The SMILES string of the molecule is CC(C)NC(=O)c1cccc(CSc2nc(Cl)cc(N(C)C)n2)c1. The summed E-state index contributed by atoms with van der Waals surface area (Å²) in [4.78, 5) is 22.7. The molecule has 0 radical (unpaired) electrons. The third-order valence-corrected chi connectivity index (χ3v) is 4.21. The van der Waals surface area contributed by atoms with Crippen LogP contribution in [0.25, 0.3) is 0 Å². The van der Waals surface area contributed by atoms with Gasteiger partial charge < -0.3 is 10.2 Å². The van der Waals surface area contributed by atoms with Crippen LogP contribution in [0.4, 0.5) is 5.82 Å². The first-order valence-corrected chi connectivity index (χ1v) is 8.96. The van der Waals surface area contributed by atoms with Crippen LogP contribution < -0.4 is 10.2 Å². The number of nitrogens with zero attached hydrogens (tertiary/aromatic N) is 3. The first-order chi connectivity index (χ1) is 11.3. The smallest absolute Gasteiger partial charge is 0.251 e. The molecule has 0 aliphatic carbocycles. The molecular weight excluding hydrogens is 344 g/mol. The van der Waals surface area contributed by atoms with Crippen molar-refractivity contribution in [2.24, 2.45) is 0 Å². The summed E-state index contributed by atoms with van der Waals surface area (Å²) >= 11 is 7.54. The molecule has 0 bridgehead atoms. The lowest BCUT2D eigenvalue weighted by Gasteiger charge is -2.12. The molecule has 0 saturated carbocycles. The van der Waals surface area contributed by atoms with E-state index in [1.165, 1.54) is 11.8 Å². The van der Waals surface area contributed by atoms with Crippen LogP contribution in [0.2, 0.25) is 5.15 Å². The van der Waals surface area contributed by atoms with Crippen LogP contribution in [0.5, 0.6) is 0 Å². The molecule has 0 aliphatic heterocycles. The maximum absolute atomic E-state index is 12.1. The van der Waals surface area contributed by atoms with E-state index in [-0.39, 0.29) is 11.9 Å². The number of carbonyl (C=O) groups is 1. The maximum Gasteiger partial charge on any atom is 0.251 e. The molecule has 1 heterocycles. The van der Waals surface area contributed by atoms with E-state index in [1.54, 1.807) is 6.07 Å². The molecule has 128 valence electrons. The minimum atomic E-state index is -0.0641. The lowest BCUT2D eigenvalue weighted by molar-refractivity contribution is 0.0943. The van der Waals surface area contributed by atoms with E-state index in [2.05, 4.69) is 15.3 Å². The zero-order chi connectivity index (χ0) is 17.7. The standard InChI is InChI=1S/C17H21ClN4OS/c1-11(2)19-16(23)13-7-5-6-12(8-13)10-24-17-20-14(18)9-15(21-17)22(3)4/h5-9,11H,10H2,1-4H3,(H,19,23). The summed E-state index contributed by atoms with van der Waals surface area (Å²) in [6.07, 6.45) is 0. The fourth-order valence-corrected chi connectivity index (χ4v) is 3.00. The van der Waals surface area contributed by atoms with E-state index in [9.17, 15) is 4.79 Å². The zero-order valence-corrected chi connectivity index (χ0v) is 15.8. The van der Waals surface area contributed by atoms with Crippen molar-refractivity contribution in [3.05, 3.63) is 46.6 Å². The monoisotopic (exact) mass is 364 g/mol. The number of thioether (sulfide) groups is 1. The number of amides is 1. The average molecular weight is 365 g/mol. The van der Waals surface area contributed by atoms with E-state index in [0.29, 0.717) is 21.6 Å². The minimum Gasteiger partial charge on any atom is -0.363 e. The van der Waals surface area contributed by atoms with Crippen molar-refractivity contribution in [2.45, 2.75) is 30.8 Å². The van der Waals surface area contributed by atoms with Gasteiger partial charge in [0.15, 0.2) is 5.16 Å². The van der Waals surface area contributed by atoms with Crippen LogP contribution in [-0.2, 0) is 5.75 Å². The van der Waals surface area contributed by atoms with Gasteiger partial charge in [0, 0.05) is 37.5 Å². The quantitative estimate of drug-likeness (QED) is 0.482. The molecule has 0 aliphatic rings. The second-order valence-electron chi connectivity index (χ2n) is 5.84. The largest absolute Gasteiger partial charge is 0.363 e. The van der Waals surface area contributed by atoms with Crippen molar-refractivity contribution >= 4 is 35.1 Å². The Kier molecular flexibility index (Phi) is 6.45. The third-order valence-electron chi connectivity index (χ3n) is 3.10. The van der Waals surface area contributed by atoms with Crippen LogP contribution in [0.3, 0.4) is 0 Å². The highest BCUT2D eigenvalue weighted by atomic mass is 35.5. The van der Waals surface area contributed by atoms with Gasteiger partial charge in [-0.2, -0.15) is 0 Å².